The van der Waals surface area contributed by atoms with Crippen molar-refractivity contribution >= 4 is 5.69 Å². The van der Waals surface area contributed by atoms with Gasteiger partial charge in [0.1, 0.15) is 0 Å². The van der Waals surface area contributed by atoms with E-state index < -0.39 is 0 Å². The second kappa shape index (κ2) is 7.60. The molecule has 1 aliphatic heterocycles. The van der Waals surface area contributed by atoms with Crippen LogP contribution < -0.4 is 4.90 Å². The van der Waals surface area contributed by atoms with Crippen molar-refractivity contribution in [2.75, 3.05) is 31.2 Å². The van der Waals surface area contributed by atoms with Gasteiger partial charge in [0, 0.05) is 29.6 Å². The van der Waals surface area contributed by atoms with Gasteiger partial charge in [-0.3, -0.25) is 0 Å². The summed E-state index contributed by atoms with van der Waals surface area (Å²) in [6, 6.07) is 10.4. The SMILES string of the molecule is CCOC1CN(c2ccccc2)CCO1.N#N. The molecule has 0 radical (unpaired) electrons. The fourth-order valence-corrected chi connectivity index (χ4v) is 1.78. The van der Waals surface area contributed by atoms with Crippen LogP contribution in [0.3, 0.4) is 0 Å². The standard InChI is InChI=1S/C12H17NO2.N2/c1-2-14-12-10-13(8-9-15-12)11-6-4-3-5-7-11;1-2/h3-7,12H,2,8-10H2,1H3;. The highest BCUT2D eigenvalue weighted by molar-refractivity contribution is 5.46. The Morgan fingerprint density at radius 3 is 2.71 bits per heavy atom. The number of rotatable bonds is 3. The molecule has 1 unspecified atom stereocenters. The highest BCUT2D eigenvalue weighted by atomic mass is 16.7. The maximum absolute atomic E-state index is 6.00. The van der Waals surface area contributed by atoms with E-state index in [4.69, 9.17) is 20.3 Å². The first-order valence-electron chi connectivity index (χ1n) is 5.63. The molecule has 17 heavy (non-hydrogen) atoms. The Labute approximate surface area is 101 Å². The smallest absolute Gasteiger partial charge is 0.174 e. The molecule has 1 aromatic carbocycles. The van der Waals surface area contributed by atoms with Crippen LogP contribution >= 0.6 is 0 Å². The number of anilines is 1. The number of ether oxygens (including phenoxy) is 2. The molecule has 1 fully saturated rings. The Morgan fingerprint density at radius 1 is 1.35 bits per heavy atom. The Balaban J connectivity index is 0.000000686. The van der Waals surface area contributed by atoms with Crippen LogP contribution in [0.15, 0.2) is 30.3 Å². The summed E-state index contributed by atoms with van der Waals surface area (Å²) >= 11 is 0. The zero-order chi connectivity index (χ0) is 12.5. The molecule has 1 aromatic rings. The van der Waals surface area contributed by atoms with Crippen molar-refractivity contribution < 1.29 is 9.47 Å². The Hall–Kier alpha value is -1.64. The number of hydrogen-bond donors (Lipinski definition) is 0. The van der Waals surface area contributed by atoms with E-state index in [2.05, 4.69) is 29.2 Å². The lowest BCUT2D eigenvalue weighted by Crippen LogP contribution is -2.43. The Morgan fingerprint density at radius 2 is 2.06 bits per heavy atom. The predicted octanol–water partition coefficient (Wildman–Crippen LogP) is 1.92. The average Bonchev–Trinajstić information content (AvgIpc) is 2.43. The summed E-state index contributed by atoms with van der Waals surface area (Å²) in [5, 5.41) is 12.0. The highest BCUT2D eigenvalue weighted by Gasteiger charge is 2.20. The molecule has 92 valence electrons. The van der Waals surface area contributed by atoms with Crippen molar-refractivity contribution in [2.24, 2.45) is 0 Å². The highest BCUT2D eigenvalue weighted by Crippen LogP contribution is 2.17. The van der Waals surface area contributed by atoms with Gasteiger partial charge in [0.25, 0.3) is 0 Å². The molecule has 5 nitrogen and oxygen atoms in total. The van der Waals surface area contributed by atoms with E-state index in [9.17, 15) is 0 Å². The van der Waals surface area contributed by atoms with Crippen LogP contribution in [-0.4, -0.2) is 32.6 Å². The fraction of sp³-hybridized carbons (Fsp3) is 0.500. The van der Waals surface area contributed by atoms with Crippen LogP contribution in [0, 0.1) is 10.8 Å². The van der Waals surface area contributed by atoms with Crippen LogP contribution in [0.2, 0.25) is 0 Å². The lowest BCUT2D eigenvalue weighted by molar-refractivity contribution is -0.143. The maximum Gasteiger partial charge on any atom is 0.174 e. The zero-order valence-corrected chi connectivity index (χ0v) is 9.95. The molecular formula is C12H17N3O2. The lowest BCUT2D eigenvalue weighted by atomic mass is 10.2. The first-order chi connectivity index (χ1) is 8.40. The largest absolute Gasteiger partial charge is 0.364 e. The third-order valence-corrected chi connectivity index (χ3v) is 2.51. The summed E-state index contributed by atoms with van der Waals surface area (Å²) < 4.78 is 11.0. The van der Waals surface area contributed by atoms with E-state index in [0.717, 1.165) is 19.7 Å². The Bertz CT molecular complexity index is 327. The summed E-state index contributed by atoms with van der Waals surface area (Å²) in [6.07, 6.45) is -0.0797. The molecule has 0 N–H and O–H groups in total. The second-order valence-electron chi connectivity index (χ2n) is 3.54. The van der Waals surface area contributed by atoms with Crippen molar-refractivity contribution in [1.82, 2.24) is 0 Å². The van der Waals surface area contributed by atoms with E-state index >= 15 is 0 Å². The summed E-state index contributed by atoms with van der Waals surface area (Å²) in [6.45, 7) is 5.18. The van der Waals surface area contributed by atoms with E-state index in [1.54, 1.807) is 0 Å². The molecular weight excluding hydrogens is 218 g/mol. The number of para-hydroxylation sites is 1. The lowest BCUT2D eigenvalue weighted by Gasteiger charge is -2.34. The summed E-state index contributed by atoms with van der Waals surface area (Å²) in [5.41, 5.74) is 1.24. The van der Waals surface area contributed by atoms with Gasteiger partial charge in [0.15, 0.2) is 6.29 Å². The summed E-state index contributed by atoms with van der Waals surface area (Å²) in [4.78, 5) is 2.30. The van der Waals surface area contributed by atoms with E-state index in [1.165, 1.54) is 5.69 Å². The summed E-state index contributed by atoms with van der Waals surface area (Å²) in [7, 11) is 0. The van der Waals surface area contributed by atoms with E-state index in [1.807, 2.05) is 13.0 Å². The van der Waals surface area contributed by atoms with Gasteiger partial charge in [0.05, 0.1) is 13.2 Å². The van der Waals surface area contributed by atoms with Gasteiger partial charge < -0.3 is 14.4 Å². The monoisotopic (exact) mass is 235 g/mol. The predicted molar refractivity (Wildman–Crippen MR) is 63.5 cm³/mol. The molecule has 0 bridgehead atoms. The van der Waals surface area contributed by atoms with Crippen molar-refractivity contribution in [3.63, 3.8) is 0 Å². The average molecular weight is 235 g/mol. The molecule has 2 rings (SSSR count). The number of nitrogens with zero attached hydrogens (tertiary/aromatic N) is 3. The fourth-order valence-electron chi connectivity index (χ4n) is 1.78. The van der Waals surface area contributed by atoms with Crippen LogP contribution in [0.25, 0.3) is 0 Å². The minimum Gasteiger partial charge on any atom is -0.364 e. The molecule has 1 saturated heterocycles. The van der Waals surface area contributed by atoms with Crippen molar-refractivity contribution in [1.29, 1.82) is 10.8 Å². The maximum atomic E-state index is 6.00. The topological polar surface area (TPSA) is 69.3 Å². The molecule has 5 heteroatoms. The summed E-state index contributed by atoms with van der Waals surface area (Å²) in [5.74, 6) is 0. The second-order valence-corrected chi connectivity index (χ2v) is 3.54. The van der Waals surface area contributed by atoms with Crippen LogP contribution in [0.4, 0.5) is 5.69 Å². The van der Waals surface area contributed by atoms with Gasteiger partial charge in [-0.25, -0.2) is 0 Å². The minimum atomic E-state index is -0.0797. The molecule has 0 aliphatic carbocycles. The normalized spacial score (nSPS) is 19.2. The third-order valence-electron chi connectivity index (χ3n) is 2.51. The van der Waals surface area contributed by atoms with Gasteiger partial charge in [-0.15, -0.1) is 0 Å². The number of hydrogen-bond acceptors (Lipinski definition) is 5. The van der Waals surface area contributed by atoms with Gasteiger partial charge >= 0.3 is 0 Å². The van der Waals surface area contributed by atoms with Crippen LogP contribution in [-0.2, 0) is 9.47 Å². The molecule has 0 spiro atoms. The van der Waals surface area contributed by atoms with E-state index in [0.29, 0.717) is 6.61 Å². The number of benzene rings is 1. The quantitative estimate of drug-likeness (QED) is 0.748. The molecule has 1 atom stereocenters. The van der Waals surface area contributed by atoms with Crippen molar-refractivity contribution in [3.8, 4) is 0 Å². The zero-order valence-electron chi connectivity index (χ0n) is 9.95. The third kappa shape index (κ3) is 4.02. The van der Waals surface area contributed by atoms with Gasteiger partial charge in [-0.2, -0.15) is 0 Å². The molecule has 0 saturated carbocycles. The van der Waals surface area contributed by atoms with Crippen molar-refractivity contribution in [3.05, 3.63) is 30.3 Å². The Kier molecular flexibility index (Phi) is 6.00. The van der Waals surface area contributed by atoms with Crippen LogP contribution in [0.1, 0.15) is 6.92 Å². The molecule has 0 aromatic heterocycles. The molecule has 0 amide bonds. The molecule has 1 aliphatic rings. The van der Waals surface area contributed by atoms with Gasteiger partial charge in [-0.1, -0.05) is 18.2 Å². The van der Waals surface area contributed by atoms with Gasteiger partial charge in [-0.05, 0) is 19.1 Å². The first-order valence-corrected chi connectivity index (χ1v) is 5.63. The molecule has 1 heterocycles. The van der Waals surface area contributed by atoms with Crippen LogP contribution in [0.5, 0.6) is 0 Å². The van der Waals surface area contributed by atoms with Gasteiger partial charge in [0.2, 0.25) is 0 Å². The van der Waals surface area contributed by atoms with Crippen molar-refractivity contribution in [2.45, 2.75) is 13.2 Å². The minimum absolute atomic E-state index is 0.0797. The number of morpholine rings is 1. The van der Waals surface area contributed by atoms with E-state index in [-0.39, 0.29) is 6.29 Å². The first kappa shape index (κ1) is 13.4.